The molecule has 1 atom stereocenters. The molecule has 0 unspecified atom stereocenters. The summed E-state index contributed by atoms with van der Waals surface area (Å²) in [6.07, 6.45) is 0.915. The summed E-state index contributed by atoms with van der Waals surface area (Å²) in [4.78, 5) is 12.5. The molecule has 0 saturated carbocycles. The van der Waals surface area contributed by atoms with Crippen LogP contribution in [0.4, 0.5) is 5.69 Å². The van der Waals surface area contributed by atoms with Gasteiger partial charge in [0.2, 0.25) is 15.9 Å². The Morgan fingerprint density at radius 3 is 2.31 bits per heavy atom. The molecule has 0 fully saturated rings. The van der Waals surface area contributed by atoms with Crippen molar-refractivity contribution in [3.05, 3.63) is 58.1 Å². The Balaban J connectivity index is 2.21. The summed E-state index contributed by atoms with van der Waals surface area (Å²) < 4.78 is 31.0. The number of sulfonamides is 1. The zero-order chi connectivity index (χ0) is 19.3. The van der Waals surface area contributed by atoms with E-state index in [-0.39, 0.29) is 6.42 Å². The maximum absolute atomic E-state index is 12.5. The SMILES string of the molecule is COc1ccc(Cl)cc1NC(=O)C[C@H](NS(C)(=O)=O)c1ccc(Cl)cc1. The second-order valence-electron chi connectivity index (χ2n) is 5.59. The predicted octanol–water partition coefficient (Wildman–Crippen LogP) is 3.62. The molecule has 2 aromatic rings. The molecule has 0 spiro atoms. The first-order valence-electron chi connectivity index (χ1n) is 7.54. The van der Waals surface area contributed by atoms with E-state index in [1.54, 1.807) is 42.5 Å². The number of carbonyl (C=O) groups excluding carboxylic acids is 1. The number of amides is 1. The lowest BCUT2D eigenvalue weighted by molar-refractivity contribution is -0.116. The molecule has 6 nitrogen and oxygen atoms in total. The zero-order valence-electron chi connectivity index (χ0n) is 14.1. The summed E-state index contributed by atoms with van der Waals surface area (Å²) in [7, 11) is -2.06. The van der Waals surface area contributed by atoms with Gasteiger partial charge in [-0.25, -0.2) is 13.1 Å². The van der Waals surface area contributed by atoms with Gasteiger partial charge in [0.25, 0.3) is 0 Å². The van der Waals surface area contributed by atoms with Crippen molar-refractivity contribution in [2.24, 2.45) is 0 Å². The van der Waals surface area contributed by atoms with Crippen LogP contribution in [0, 0.1) is 0 Å². The molecule has 0 aliphatic rings. The Kier molecular flexibility index (Phi) is 6.88. The van der Waals surface area contributed by atoms with E-state index in [9.17, 15) is 13.2 Å². The molecular weight excluding hydrogens is 399 g/mol. The topological polar surface area (TPSA) is 84.5 Å². The highest BCUT2D eigenvalue weighted by molar-refractivity contribution is 7.88. The molecule has 140 valence electrons. The second-order valence-corrected chi connectivity index (χ2v) is 8.24. The van der Waals surface area contributed by atoms with Gasteiger partial charge >= 0.3 is 0 Å². The van der Waals surface area contributed by atoms with Gasteiger partial charge in [-0.15, -0.1) is 0 Å². The quantitative estimate of drug-likeness (QED) is 0.721. The molecule has 26 heavy (non-hydrogen) atoms. The third kappa shape index (κ3) is 6.17. The average Bonchev–Trinajstić information content (AvgIpc) is 2.54. The number of methoxy groups -OCH3 is 1. The van der Waals surface area contributed by atoms with Crippen molar-refractivity contribution in [2.45, 2.75) is 12.5 Å². The number of benzene rings is 2. The highest BCUT2D eigenvalue weighted by Gasteiger charge is 2.20. The predicted molar refractivity (Wildman–Crippen MR) is 103 cm³/mol. The highest BCUT2D eigenvalue weighted by Crippen LogP contribution is 2.28. The van der Waals surface area contributed by atoms with Gasteiger partial charge in [-0.1, -0.05) is 35.3 Å². The van der Waals surface area contributed by atoms with Crippen LogP contribution in [-0.2, 0) is 14.8 Å². The zero-order valence-corrected chi connectivity index (χ0v) is 16.5. The standard InChI is InChI=1S/C17H18Cl2N2O4S/c1-25-16-8-7-13(19)9-15(16)20-17(22)10-14(21-26(2,23)24)11-3-5-12(18)6-4-11/h3-9,14,21H,10H2,1-2H3,(H,20,22)/t14-/m0/s1. The fourth-order valence-electron chi connectivity index (χ4n) is 2.35. The largest absolute Gasteiger partial charge is 0.495 e. The van der Waals surface area contributed by atoms with Crippen molar-refractivity contribution >= 4 is 44.8 Å². The van der Waals surface area contributed by atoms with Crippen molar-refractivity contribution in [1.82, 2.24) is 4.72 Å². The smallest absolute Gasteiger partial charge is 0.226 e. The second kappa shape index (κ2) is 8.73. The Labute approximate surface area is 162 Å². The summed E-state index contributed by atoms with van der Waals surface area (Å²) in [6, 6.07) is 10.7. The summed E-state index contributed by atoms with van der Waals surface area (Å²) in [5, 5.41) is 3.64. The lowest BCUT2D eigenvalue weighted by atomic mass is 10.0. The minimum absolute atomic E-state index is 0.121. The highest BCUT2D eigenvalue weighted by atomic mass is 35.5. The van der Waals surface area contributed by atoms with Crippen molar-refractivity contribution in [3.8, 4) is 5.75 Å². The van der Waals surface area contributed by atoms with Gasteiger partial charge < -0.3 is 10.1 Å². The van der Waals surface area contributed by atoms with Crippen LogP contribution in [0.2, 0.25) is 10.0 Å². The summed E-state index contributed by atoms with van der Waals surface area (Å²) in [5.41, 5.74) is 1.02. The van der Waals surface area contributed by atoms with E-state index in [0.717, 1.165) is 6.26 Å². The number of halogens is 2. The van der Waals surface area contributed by atoms with Crippen LogP contribution in [0.5, 0.6) is 5.75 Å². The fourth-order valence-corrected chi connectivity index (χ4v) is 3.38. The average molecular weight is 417 g/mol. The number of rotatable bonds is 7. The molecule has 2 N–H and O–H groups in total. The van der Waals surface area contributed by atoms with Crippen molar-refractivity contribution in [3.63, 3.8) is 0 Å². The van der Waals surface area contributed by atoms with E-state index in [2.05, 4.69) is 10.0 Å². The Hall–Kier alpha value is -1.80. The number of nitrogens with one attached hydrogen (secondary N) is 2. The monoisotopic (exact) mass is 416 g/mol. The van der Waals surface area contributed by atoms with E-state index >= 15 is 0 Å². The van der Waals surface area contributed by atoms with E-state index in [1.807, 2.05) is 0 Å². The van der Waals surface area contributed by atoms with Gasteiger partial charge in [0.05, 0.1) is 25.1 Å². The summed E-state index contributed by atoms with van der Waals surface area (Å²) in [6.45, 7) is 0. The molecule has 0 aromatic heterocycles. The molecule has 1 amide bonds. The number of hydrogen-bond acceptors (Lipinski definition) is 4. The maximum atomic E-state index is 12.5. The Morgan fingerprint density at radius 1 is 1.12 bits per heavy atom. The minimum Gasteiger partial charge on any atom is -0.495 e. The van der Waals surface area contributed by atoms with Crippen molar-refractivity contribution < 1.29 is 17.9 Å². The number of anilines is 1. The molecule has 0 heterocycles. The lowest BCUT2D eigenvalue weighted by Crippen LogP contribution is -2.30. The minimum atomic E-state index is -3.53. The van der Waals surface area contributed by atoms with Crippen LogP contribution < -0.4 is 14.8 Å². The first-order valence-corrected chi connectivity index (χ1v) is 10.2. The van der Waals surface area contributed by atoms with E-state index in [1.165, 1.54) is 7.11 Å². The summed E-state index contributed by atoms with van der Waals surface area (Å²) >= 11 is 11.8. The maximum Gasteiger partial charge on any atom is 0.226 e. The molecule has 2 rings (SSSR count). The summed E-state index contributed by atoms with van der Waals surface area (Å²) in [5.74, 6) is 0.0449. The van der Waals surface area contributed by atoms with Crippen LogP contribution in [0.25, 0.3) is 0 Å². The molecule has 9 heteroatoms. The van der Waals surface area contributed by atoms with Gasteiger partial charge in [0.15, 0.2) is 0 Å². The van der Waals surface area contributed by atoms with E-state index in [0.29, 0.717) is 27.0 Å². The first-order chi connectivity index (χ1) is 12.2. The normalized spacial score (nSPS) is 12.5. The van der Waals surface area contributed by atoms with Gasteiger partial charge in [0, 0.05) is 16.5 Å². The third-order valence-corrected chi connectivity index (χ3v) is 4.65. The van der Waals surface area contributed by atoms with Gasteiger partial charge in [0.1, 0.15) is 5.75 Å². The molecule has 0 bridgehead atoms. The first kappa shape index (κ1) is 20.5. The van der Waals surface area contributed by atoms with E-state index in [4.69, 9.17) is 27.9 Å². The molecule has 0 radical (unpaired) electrons. The van der Waals surface area contributed by atoms with Crippen LogP contribution in [0.3, 0.4) is 0 Å². The molecule has 0 aliphatic carbocycles. The van der Waals surface area contributed by atoms with Crippen LogP contribution in [-0.4, -0.2) is 27.7 Å². The van der Waals surface area contributed by atoms with Crippen LogP contribution in [0.1, 0.15) is 18.0 Å². The Bertz CT molecular complexity index is 886. The van der Waals surface area contributed by atoms with Crippen LogP contribution >= 0.6 is 23.2 Å². The van der Waals surface area contributed by atoms with Gasteiger partial charge in [-0.2, -0.15) is 0 Å². The van der Waals surface area contributed by atoms with Crippen molar-refractivity contribution in [2.75, 3.05) is 18.7 Å². The fraction of sp³-hybridized carbons (Fsp3) is 0.235. The number of hydrogen-bond donors (Lipinski definition) is 2. The molecule has 0 saturated heterocycles. The molecule has 0 aliphatic heterocycles. The lowest BCUT2D eigenvalue weighted by Gasteiger charge is -2.18. The van der Waals surface area contributed by atoms with Gasteiger partial charge in [-0.05, 0) is 35.9 Å². The van der Waals surface area contributed by atoms with Gasteiger partial charge in [-0.3, -0.25) is 4.79 Å². The van der Waals surface area contributed by atoms with E-state index < -0.39 is 22.0 Å². The van der Waals surface area contributed by atoms with Crippen LogP contribution in [0.15, 0.2) is 42.5 Å². The Morgan fingerprint density at radius 2 is 1.73 bits per heavy atom. The third-order valence-electron chi connectivity index (χ3n) is 3.45. The molecule has 2 aromatic carbocycles. The van der Waals surface area contributed by atoms with Crippen molar-refractivity contribution in [1.29, 1.82) is 0 Å². The molecular formula is C17H18Cl2N2O4S. The number of carbonyl (C=O) groups is 1. The number of ether oxygens (including phenoxy) is 1.